The highest BCUT2D eigenvalue weighted by Gasteiger charge is 2.42. The highest BCUT2D eigenvalue weighted by Crippen LogP contribution is 2.14. The quantitative estimate of drug-likeness (QED) is 0.519. The first-order valence-corrected chi connectivity index (χ1v) is 3.26. The van der Waals surface area contributed by atoms with E-state index in [1.165, 1.54) is 0 Å². The van der Waals surface area contributed by atoms with Crippen LogP contribution in [0.3, 0.4) is 0 Å². The molecular weight excluding hydrogens is 190 g/mol. The molecule has 1 heterocycles. The SMILES string of the molecule is O=C1CC(O)C(=O)N1C(=O)OCl. The number of carbonyl (C=O) groups excluding carboxylic acids is 3. The predicted octanol–water partition coefficient (Wildman–Crippen LogP) is -0.603. The summed E-state index contributed by atoms with van der Waals surface area (Å²) in [5.41, 5.74) is 0. The van der Waals surface area contributed by atoms with Gasteiger partial charge in [-0.1, -0.05) is 0 Å². The van der Waals surface area contributed by atoms with Crippen LogP contribution in [0.4, 0.5) is 4.79 Å². The fraction of sp³-hybridized carbons (Fsp3) is 0.400. The lowest BCUT2D eigenvalue weighted by Crippen LogP contribution is -2.36. The standard InChI is InChI=1S/C5H4ClNO5/c6-12-5(11)7-3(9)1-2(8)4(7)10/h2,8H,1H2. The minimum absolute atomic E-state index is 0.164. The zero-order valence-electron chi connectivity index (χ0n) is 5.69. The molecule has 1 saturated heterocycles. The van der Waals surface area contributed by atoms with Crippen LogP contribution < -0.4 is 0 Å². The van der Waals surface area contributed by atoms with Gasteiger partial charge in [-0.3, -0.25) is 9.59 Å². The summed E-state index contributed by atoms with van der Waals surface area (Å²) in [5, 5.41) is 8.82. The van der Waals surface area contributed by atoms with Crippen molar-refractivity contribution >= 4 is 29.8 Å². The predicted molar refractivity (Wildman–Crippen MR) is 34.8 cm³/mol. The van der Waals surface area contributed by atoms with Crippen molar-refractivity contribution < 1.29 is 23.8 Å². The minimum Gasteiger partial charge on any atom is -0.383 e. The van der Waals surface area contributed by atoms with Gasteiger partial charge >= 0.3 is 6.09 Å². The van der Waals surface area contributed by atoms with Crippen LogP contribution in [0.2, 0.25) is 0 Å². The highest BCUT2D eigenvalue weighted by atomic mass is 35.5. The zero-order chi connectivity index (χ0) is 9.30. The van der Waals surface area contributed by atoms with Gasteiger partial charge in [0, 0.05) is 0 Å². The largest absolute Gasteiger partial charge is 0.441 e. The van der Waals surface area contributed by atoms with Crippen LogP contribution in [-0.4, -0.2) is 34.0 Å². The molecule has 6 nitrogen and oxygen atoms in total. The topological polar surface area (TPSA) is 83.9 Å². The Kier molecular flexibility index (Phi) is 2.30. The number of carbonyl (C=O) groups is 3. The van der Waals surface area contributed by atoms with E-state index in [1.807, 2.05) is 0 Å². The second-order valence-electron chi connectivity index (χ2n) is 2.13. The van der Waals surface area contributed by atoms with E-state index in [2.05, 4.69) is 16.2 Å². The van der Waals surface area contributed by atoms with Gasteiger partial charge in [-0.2, -0.15) is 4.90 Å². The van der Waals surface area contributed by atoms with Crippen molar-refractivity contribution in [3.8, 4) is 0 Å². The molecule has 1 rings (SSSR count). The zero-order valence-corrected chi connectivity index (χ0v) is 6.45. The Morgan fingerprint density at radius 2 is 2.25 bits per heavy atom. The first kappa shape index (κ1) is 8.95. The van der Waals surface area contributed by atoms with E-state index in [9.17, 15) is 14.4 Å². The van der Waals surface area contributed by atoms with Crippen molar-refractivity contribution in [2.24, 2.45) is 0 Å². The van der Waals surface area contributed by atoms with E-state index < -0.39 is 30.4 Å². The number of aliphatic hydroxyl groups excluding tert-OH is 1. The van der Waals surface area contributed by atoms with Gasteiger partial charge < -0.3 is 9.40 Å². The molecule has 1 fully saturated rings. The number of nitrogens with zero attached hydrogens (tertiary/aromatic N) is 1. The van der Waals surface area contributed by atoms with E-state index in [-0.39, 0.29) is 4.90 Å². The number of aliphatic hydroxyl groups is 1. The molecule has 1 unspecified atom stereocenters. The Hall–Kier alpha value is -1.14. The molecule has 1 N–H and O–H groups in total. The van der Waals surface area contributed by atoms with Crippen LogP contribution in [0.25, 0.3) is 0 Å². The molecule has 66 valence electrons. The van der Waals surface area contributed by atoms with Crippen LogP contribution >= 0.6 is 11.9 Å². The maximum atomic E-state index is 10.8. The summed E-state index contributed by atoms with van der Waals surface area (Å²) in [5.74, 6) is -1.83. The summed E-state index contributed by atoms with van der Waals surface area (Å²) in [6.45, 7) is 0. The van der Waals surface area contributed by atoms with Crippen LogP contribution in [0, 0.1) is 0 Å². The minimum atomic E-state index is -1.46. The molecule has 0 aromatic rings. The van der Waals surface area contributed by atoms with Crippen molar-refractivity contribution in [3.05, 3.63) is 0 Å². The van der Waals surface area contributed by atoms with E-state index in [4.69, 9.17) is 5.11 Å². The molecule has 7 heteroatoms. The summed E-state index contributed by atoms with van der Waals surface area (Å²) in [6.07, 6.45) is -3.17. The van der Waals surface area contributed by atoms with Gasteiger partial charge in [-0.25, -0.2) is 4.79 Å². The van der Waals surface area contributed by atoms with E-state index in [1.54, 1.807) is 0 Å². The Labute approximate surface area is 71.8 Å². The van der Waals surface area contributed by atoms with Gasteiger partial charge in [0.2, 0.25) is 5.91 Å². The Balaban J connectivity index is 2.84. The average Bonchev–Trinajstić information content (AvgIpc) is 2.26. The Bertz CT molecular complexity index is 244. The van der Waals surface area contributed by atoms with Gasteiger partial charge in [-0.15, -0.1) is 0 Å². The summed E-state index contributed by atoms with van der Waals surface area (Å²) in [6, 6.07) is 0. The van der Waals surface area contributed by atoms with Crippen LogP contribution in [0.1, 0.15) is 6.42 Å². The van der Waals surface area contributed by atoms with Crippen molar-refractivity contribution in [1.29, 1.82) is 0 Å². The lowest BCUT2D eigenvalue weighted by Gasteiger charge is -2.06. The maximum absolute atomic E-state index is 10.8. The number of rotatable bonds is 0. The third-order valence-electron chi connectivity index (χ3n) is 1.37. The van der Waals surface area contributed by atoms with Crippen molar-refractivity contribution in [1.82, 2.24) is 4.90 Å². The summed E-state index contributed by atoms with van der Waals surface area (Å²) < 4.78 is 3.63. The number of amides is 3. The third-order valence-corrected chi connectivity index (χ3v) is 1.50. The Morgan fingerprint density at radius 3 is 2.58 bits per heavy atom. The monoisotopic (exact) mass is 193 g/mol. The Morgan fingerprint density at radius 1 is 1.67 bits per heavy atom. The second kappa shape index (κ2) is 3.08. The first-order valence-electron chi connectivity index (χ1n) is 2.95. The molecule has 3 amide bonds. The average molecular weight is 194 g/mol. The van der Waals surface area contributed by atoms with Crippen molar-refractivity contribution in [2.75, 3.05) is 0 Å². The number of imide groups is 3. The van der Waals surface area contributed by atoms with Gasteiger partial charge in [0.05, 0.1) is 6.42 Å². The van der Waals surface area contributed by atoms with E-state index >= 15 is 0 Å². The van der Waals surface area contributed by atoms with Gasteiger partial charge in [-0.05, 0) is 0 Å². The van der Waals surface area contributed by atoms with Crippen LogP contribution in [0.15, 0.2) is 0 Å². The fourth-order valence-electron chi connectivity index (χ4n) is 0.842. The number of hydrogen-bond donors (Lipinski definition) is 1. The second-order valence-corrected chi connectivity index (χ2v) is 2.28. The van der Waals surface area contributed by atoms with Gasteiger partial charge in [0.25, 0.3) is 5.91 Å². The smallest absolute Gasteiger partial charge is 0.383 e. The molecule has 1 aliphatic heterocycles. The lowest BCUT2D eigenvalue weighted by molar-refractivity contribution is -0.137. The first-order chi connectivity index (χ1) is 5.57. The molecule has 12 heavy (non-hydrogen) atoms. The normalized spacial score (nSPS) is 23.2. The number of likely N-dealkylation sites (tertiary alicyclic amines) is 1. The van der Waals surface area contributed by atoms with Crippen LogP contribution in [0.5, 0.6) is 0 Å². The number of halogens is 1. The van der Waals surface area contributed by atoms with E-state index in [0.717, 1.165) is 0 Å². The van der Waals surface area contributed by atoms with Gasteiger partial charge in [0.15, 0.2) is 0 Å². The van der Waals surface area contributed by atoms with E-state index in [0.29, 0.717) is 0 Å². The molecule has 0 aliphatic carbocycles. The van der Waals surface area contributed by atoms with Crippen molar-refractivity contribution in [2.45, 2.75) is 12.5 Å². The molecule has 0 spiro atoms. The molecule has 0 aromatic heterocycles. The summed E-state index contributed by atoms with van der Waals surface area (Å²) in [7, 11) is 0. The molecule has 0 radical (unpaired) electrons. The number of hydrogen-bond acceptors (Lipinski definition) is 5. The fourth-order valence-corrected chi connectivity index (χ4v) is 0.911. The molecule has 0 bridgehead atoms. The lowest BCUT2D eigenvalue weighted by atomic mass is 10.3. The molecule has 1 aliphatic rings. The summed E-state index contributed by atoms with van der Waals surface area (Å²) in [4.78, 5) is 32.4. The maximum Gasteiger partial charge on any atom is 0.441 e. The third kappa shape index (κ3) is 1.26. The van der Waals surface area contributed by atoms with Gasteiger partial charge in [0.1, 0.15) is 18.0 Å². The highest BCUT2D eigenvalue weighted by molar-refractivity contribution is 6.20. The molecule has 0 aromatic carbocycles. The summed E-state index contributed by atoms with van der Waals surface area (Å²) >= 11 is 4.63. The molecule has 0 saturated carbocycles. The molecular formula is C5H4ClNO5. The van der Waals surface area contributed by atoms with Crippen molar-refractivity contribution in [3.63, 3.8) is 0 Å². The molecule has 1 atom stereocenters. The van der Waals surface area contributed by atoms with Crippen LogP contribution in [-0.2, 0) is 13.9 Å².